The Kier molecular flexibility index (Phi) is 5.25. The first-order valence-corrected chi connectivity index (χ1v) is 9.26. The van der Waals surface area contributed by atoms with Gasteiger partial charge in [0, 0.05) is 31.4 Å². The van der Waals surface area contributed by atoms with Crippen molar-refractivity contribution in [1.29, 1.82) is 0 Å². The number of benzene rings is 1. The van der Waals surface area contributed by atoms with Crippen LogP contribution in [0.15, 0.2) is 24.3 Å². The van der Waals surface area contributed by atoms with E-state index in [0.717, 1.165) is 32.2 Å². The highest BCUT2D eigenvalue weighted by molar-refractivity contribution is 7.92. The summed E-state index contributed by atoms with van der Waals surface area (Å²) in [5.41, 5.74) is 0.792. The van der Waals surface area contributed by atoms with Gasteiger partial charge in [-0.3, -0.25) is 14.3 Å². The molecule has 1 aliphatic rings. The van der Waals surface area contributed by atoms with E-state index >= 15 is 0 Å². The fraction of sp³-hybridized carbons (Fsp3) is 0.467. The Morgan fingerprint density at radius 3 is 2.26 bits per heavy atom. The molecule has 1 fully saturated rings. The molecule has 1 aromatic carbocycles. The number of sulfonamides is 1. The molecule has 1 aliphatic heterocycles. The smallest absolute Gasteiger partial charge is 0.254 e. The molecule has 0 saturated carbocycles. The van der Waals surface area contributed by atoms with Gasteiger partial charge < -0.3 is 9.80 Å². The number of amides is 2. The van der Waals surface area contributed by atoms with E-state index in [1.54, 1.807) is 11.9 Å². The number of rotatable bonds is 5. The number of hydrogen-bond acceptors (Lipinski definition) is 4. The average molecular weight is 339 g/mol. The lowest BCUT2D eigenvalue weighted by molar-refractivity contribution is -0.130. The Morgan fingerprint density at radius 1 is 1.17 bits per heavy atom. The molecule has 8 heteroatoms. The van der Waals surface area contributed by atoms with Crippen molar-refractivity contribution in [1.82, 2.24) is 9.80 Å². The minimum Gasteiger partial charge on any atom is -0.341 e. The van der Waals surface area contributed by atoms with E-state index in [4.69, 9.17) is 0 Å². The van der Waals surface area contributed by atoms with Gasteiger partial charge >= 0.3 is 0 Å². The molecule has 126 valence electrons. The van der Waals surface area contributed by atoms with Gasteiger partial charge in [-0.1, -0.05) is 0 Å². The number of nitrogens with zero attached hydrogens (tertiary/aromatic N) is 2. The highest BCUT2D eigenvalue weighted by Gasteiger charge is 2.21. The van der Waals surface area contributed by atoms with E-state index in [1.807, 2.05) is 0 Å². The maximum Gasteiger partial charge on any atom is 0.254 e. The summed E-state index contributed by atoms with van der Waals surface area (Å²) in [7, 11) is -1.77. The van der Waals surface area contributed by atoms with Gasteiger partial charge in [-0.15, -0.1) is 0 Å². The van der Waals surface area contributed by atoms with E-state index in [1.165, 1.54) is 29.2 Å². The third kappa shape index (κ3) is 4.95. The topological polar surface area (TPSA) is 86.8 Å². The summed E-state index contributed by atoms with van der Waals surface area (Å²) in [6.45, 7) is 1.56. The maximum atomic E-state index is 12.3. The molecule has 0 radical (unpaired) electrons. The predicted octanol–water partition coefficient (Wildman–Crippen LogP) is 0.752. The van der Waals surface area contributed by atoms with Crippen molar-refractivity contribution in [3.8, 4) is 0 Å². The van der Waals surface area contributed by atoms with Crippen LogP contribution in [0, 0.1) is 0 Å². The second kappa shape index (κ2) is 6.99. The molecule has 23 heavy (non-hydrogen) atoms. The summed E-state index contributed by atoms with van der Waals surface area (Å²) in [6.07, 6.45) is 3.08. The number of nitrogens with one attached hydrogen (secondary N) is 1. The van der Waals surface area contributed by atoms with Crippen LogP contribution in [0.3, 0.4) is 0 Å². The maximum absolute atomic E-state index is 12.3. The minimum absolute atomic E-state index is 0.0438. The lowest BCUT2D eigenvalue weighted by Crippen LogP contribution is -2.39. The Labute approximate surface area is 136 Å². The zero-order valence-electron chi connectivity index (χ0n) is 13.3. The van der Waals surface area contributed by atoms with Gasteiger partial charge in [0.25, 0.3) is 5.91 Å². The van der Waals surface area contributed by atoms with Crippen LogP contribution in [0.5, 0.6) is 0 Å². The van der Waals surface area contributed by atoms with Gasteiger partial charge in [0.15, 0.2) is 0 Å². The van der Waals surface area contributed by atoms with Crippen LogP contribution in [0.4, 0.5) is 5.69 Å². The van der Waals surface area contributed by atoms with E-state index < -0.39 is 10.0 Å². The second-order valence-electron chi connectivity index (χ2n) is 5.70. The molecule has 1 N–H and O–H groups in total. The normalized spacial score (nSPS) is 14.6. The zero-order valence-corrected chi connectivity index (χ0v) is 14.1. The van der Waals surface area contributed by atoms with Gasteiger partial charge in [-0.2, -0.15) is 0 Å². The quantitative estimate of drug-likeness (QED) is 0.858. The number of hydrogen-bond donors (Lipinski definition) is 1. The monoisotopic (exact) mass is 339 g/mol. The second-order valence-corrected chi connectivity index (χ2v) is 7.45. The minimum atomic E-state index is -3.35. The van der Waals surface area contributed by atoms with Gasteiger partial charge in [0.05, 0.1) is 12.8 Å². The number of likely N-dealkylation sites (N-methyl/N-ethyl adjacent to an activating group) is 1. The first kappa shape index (κ1) is 17.3. The molecule has 0 unspecified atom stereocenters. The third-order valence-corrected chi connectivity index (χ3v) is 4.22. The van der Waals surface area contributed by atoms with Gasteiger partial charge in [-0.05, 0) is 37.1 Å². The van der Waals surface area contributed by atoms with Crippen molar-refractivity contribution < 1.29 is 18.0 Å². The van der Waals surface area contributed by atoms with Crippen LogP contribution in [0.1, 0.15) is 23.2 Å². The third-order valence-electron chi connectivity index (χ3n) is 3.61. The standard InChI is InChI=1S/C15H21N3O4S/c1-17(11-14(19)18-9-3-4-10-18)15(20)12-5-7-13(8-6-12)16-23(2,21)22/h5-8,16H,3-4,9-11H2,1-2H3. The van der Waals surface area contributed by atoms with Gasteiger partial charge in [0.1, 0.15) is 0 Å². The van der Waals surface area contributed by atoms with E-state index in [9.17, 15) is 18.0 Å². The largest absolute Gasteiger partial charge is 0.341 e. The molecule has 7 nitrogen and oxygen atoms in total. The fourth-order valence-corrected chi connectivity index (χ4v) is 3.02. The summed E-state index contributed by atoms with van der Waals surface area (Å²) < 4.78 is 24.6. The Morgan fingerprint density at radius 2 is 1.74 bits per heavy atom. The number of likely N-dealkylation sites (tertiary alicyclic amines) is 1. The first-order valence-electron chi connectivity index (χ1n) is 7.37. The average Bonchev–Trinajstić information content (AvgIpc) is 3.00. The van der Waals surface area contributed by atoms with Crippen molar-refractivity contribution >= 4 is 27.5 Å². The van der Waals surface area contributed by atoms with Crippen molar-refractivity contribution in [2.75, 3.05) is 37.7 Å². The Hall–Kier alpha value is -2.09. The highest BCUT2D eigenvalue weighted by Crippen LogP contribution is 2.13. The lowest BCUT2D eigenvalue weighted by Gasteiger charge is -2.21. The Bertz CT molecular complexity index is 679. The zero-order chi connectivity index (χ0) is 17.0. The lowest BCUT2D eigenvalue weighted by atomic mass is 10.2. The van der Waals surface area contributed by atoms with E-state index in [0.29, 0.717) is 11.3 Å². The molecular weight excluding hydrogens is 318 g/mol. The summed E-state index contributed by atoms with van der Waals surface area (Å²) in [4.78, 5) is 27.5. The molecule has 1 aromatic rings. The summed E-state index contributed by atoms with van der Waals surface area (Å²) >= 11 is 0. The van der Waals surface area contributed by atoms with Crippen molar-refractivity contribution in [2.24, 2.45) is 0 Å². The van der Waals surface area contributed by atoms with Crippen LogP contribution in [-0.4, -0.2) is 63.0 Å². The molecule has 2 rings (SSSR count). The number of carbonyl (C=O) groups excluding carboxylic acids is 2. The molecule has 0 spiro atoms. The molecular formula is C15H21N3O4S. The number of carbonyl (C=O) groups is 2. The molecule has 2 amide bonds. The van der Waals surface area contributed by atoms with Crippen LogP contribution < -0.4 is 4.72 Å². The summed E-state index contributed by atoms with van der Waals surface area (Å²) in [5, 5.41) is 0. The van der Waals surface area contributed by atoms with E-state index in [2.05, 4.69) is 4.72 Å². The molecule has 0 aliphatic carbocycles. The molecule has 1 heterocycles. The first-order chi connectivity index (χ1) is 10.8. The van der Waals surface area contributed by atoms with Crippen LogP contribution in [0.25, 0.3) is 0 Å². The molecule has 0 atom stereocenters. The van der Waals surface area contributed by atoms with Crippen molar-refractivity contribution in [2.45, 2.75) is 12.8 Å². The van der Waals surface area contributed by atoms with E-state index in [-0.39, 0.29) is 18.4 Å². The van der Waals surface area contributed by atoms with Gasteiger partial charge in [0.2, 0.25) is 15.9 Å². The van der Waals surface area contributed by atoms with Crippen LogP contribution >= 0.6 is 0 Å². The molecule has 0 aromatic heterocycles. The molecule has 0 bridgehead atoms. The molecule has 1 saturated heterocycles. The van der Waals surface area contributed by atoms with Crippen LogP contribution in [0.2, 0.25) is 0 Å². The Balaban J connectivity index is 1.97. The van der Waals surface area contributed by atoms with Crippen molar-refractivity contribution in [3.63, 3.8) is 0 Å². The highest BCUT2D eigenvalue weighted by atomic mass is 32.2. The van der Waals surface area contributed by atoms with Crippen LogP contribution in [-0.2, 0) is 14.8 Å². The van der Waals surface area contributed by atoms with Crippen molar-refractivity contribution in [3.05, 3.63) is 29.8 Å². The summed E-state index contributed by atoms with van der Waals surface area (Å²) in [5.74, 6) is -0.322. The fourth-order valence-electron chi connectivity index (χ4n) is 2.46. The SMILES string of the molecule is CN(CC(=O)N1CCCC1)C(=O)c1ccc(NS(C)(=O)=O)cc1. The number of anilines is 1. The predicted molar refractivity (Wildman–Crippen MR) is 87.7 cm³/mol. The summed E-state index contributed by atoms with van der Waals surface area (Å²) in [6, 6.07) is 6.11. The van der Waals surface area contributed by atoms with Gasteiger partial charge in [-0.25, -0.2) is 8.42 Å².